The summed E-state index contributed by atoms with van der Waals surface area (Å²) >= 11 is 0. The Morgan fingerprint density at radius 3 is 2.26 bits per heavy atom. The quantitative estimate of drug-likeness (QED) is 0.746. The lowest BCUT2D eigenvalue weighted by Gasteiger charge is -2.26. The van der Waals surface area contributed by atoms with Crippen molar-refractivity contribution in [1.29, 1.82) is 0 Å². The molecule has 2 aromatic rings. The van der Waals surface area contributed by atoms with E-state index >= 15 is 0 Å². The van der Waals surface area contributed by atoms with Crippen LogP contribution in [0, 0.1) is 0 Å². The summed E-state index contributed by atoms with van der Waals surface area (Å²) in [5.41, 5.74) is 3.78. The predicted molar refractivity (Wildman–Crippen MR) is 124 cm³/mol. The molecule has 4 nitrogen and oxygen atoms in total. The van der Waals surface area contributed by atoms with Crippen LogP contribution in [0.5, 0.6) is 0 Å². The standard InChI is InChI=1S/C27H34N2O2/c1-26(2,3)22-10-12-23(13-11-22)27(14-15-27)25(31)28-19-20-8-7-9-21(18-20)24(30)29-16-5-4-6-17-29/h7-13,18H,4-6,14-17,19H2,1-3H3,(H,28,31). The van der Waals surface area contributed by atoms with E-state index in [1.54, 1.807) is 0 Å². The number of piperidine rings is 1. The van der Waals surface area contributed by atoms with Crippen LogP contribution < -0.4 is 5.32 Å². The molecule has 1 aliphatic heterocycles. The largest absolute Gasteiger partial charge is 0.351 e. The Labute approximate surface area is 186 Å². The van der Waals surface area contributed by atoms with Gasteiger partial charge >= 0.3 is 0 Å². The third-order valence-corrected chi connectivity index (χ3v) is 6.76. The average Bonchev–Trinajstić information content (AvgIpc) is 3.59. The van der Waals surface area contributed by atoms with Crippen molar-refractivity contribution in [1.82, 2.24) is 10.2 Å². The van der Waals surface area contributed by atoms with Crippen LogP contribution in [0.1, 0.15) is 79.9 Å². The average molecular weight is 419 g/mol. The summed E-state index contributed by atoms with van der Waals surface area (Å²) < 4.78 is 0. The minimum atomic E-state index is -0.391. The lowest BCUT2D eigenvalue weighted by atomic mass is 9.85. The van der Waals surface area contributed by atoms with E-state index in [-0.39, 0.29) is 17.2 Å². The maximum absolute atomic E-state index is 13.1. The van der Waals surface area contributed by atoms with Gasteiger partial charge in [-0.05, 0) is 66.3 Å². The number of amides is 2. The number of nitrogens with zero attached hydrogens (tertiary/aromatic N) is 1. The molecule has 0 atom stereocenters. The summed E-state index contributed by atoms with van der Waals surface area (Å²) in [6.45, 7) is 8.73. The van der Waals surface area contributed by atoms with E-state index in [1.165, 1.54) is 12.0 Å². The second-order valence-corrected chi connectivity index (χ2v) is 10.1. The molecule has 0 bridgehead atoms. The van der Waals surface area contributed by atoms with Gasteiger partial charge in [0.2, 0.25) is 5.91 Å². The first kappa shape index (κ1) is 21.6. The van der Waals surface area contributed by atoms with Crippen LogP contribution in [-0.2, 0) is 22.2 Å². The maximum atomic E-state index is 13.1. The van der Waals surface area contributed by atoms with Gasteiger partial charge < -0.3 is 10.2 Å². The topological polar surface area (TPSA) is 49.4 Å². The molecule has 2 fully saturated rings. The molecule has 0 radical (unpaired) electrons. The lowest BCUT2D eigenvalue weighted by molar-refractivity contribution is -0.123. The number of hydrogen-bond donors (Lipinski definition) is 1. The summed E-state index contributed by atoms with van der Waals surface area (Å²) in [6, 6.07) is 16.2. The molecular formula is C27H34N2O2. The third kappa shape index (κ3) is 4.68. The molecule has 1 heterocycles. The molecular weight excluding hydrogens is 384 g/mol. The predicted octanol–water partition coefficient (Wildman–Crippen LogP) is 4.96. The molecule has 0 unspecified atom stereocenters. The van der Waals surface area contributed by atoms with E-state index in [4.69, 9.17) is 0 Å². The number of carbonyl (C=O) groups excluding carboxylic acids is 2. The number of nitrogens with one attached hydrogen (secondary N) is 1. The minimum absolute atomic E-state index is 0.0868. The van der Waals surface area contributed by atoms with Crippen LogP contribution in [0.4, 0.5) is 0 Å². The molecule has 1 saturated heterocycles. The fraction of sp³-hybridized carbons (Fsp3) is 0.481. The molecule has 4 heteroatoms. The second-order valence-electron chi connectivity index (χ2n) is 10.1. The van der Waals surface area contributed by atoms with Gasteiger partial charge in [0.15, 0.2) is 0 Å². The molecule has 4 rings (SSSR count). The van der Waals surface area contributed by atoms with Gasteiger partial charge in [-0.3, -0.25) is 9.59 Å². The van der Waals surface area contributed by atoms with Gasteiger partial charge in [-0.1, -0.05) is 57.2 Å². The van der Waals surface area contributed by atoms with Crippen molar-refractivity contribution >= 4 is 11.8 Å². The van der Waals surface area contributed by atoms with Crippen molar-refractivity contribution in [3.8, 4) is 0 Å². The van der Waals surface area contributed by atoms with Crippen molar-refractivity contribution in [2.75, 3.05) is 13.1 Å². The van der Waals surface area contributed by atoms with Crippen LogP contribution in [0.2, 0.25) is 0 Å². The zero-order chi connectivity index (χ0) is 22.1. The maximum Gasteiger partial charge on any atom is 0.253 e. The molecule has 2 amide bonds. The zero-order valence-electron chi connectivity index (χ0n) is 19.0. The minimum Gasteiger partial charge on any atom is -0.351 e. The van der Waals surface area contributed by atoms with E-state index in [2.05, 4.69) is 50.4 Å². The highest BCUT2D eigenvalue weighted by Crippen LogP contribution is 2.48. The Hall–Kier alpha value is -2.62. The van der Waals surface area contributed by atoms with Gasteiger partial charge in [0.1, 0.15) is 0 Å². The van der Waals surface area contributed by atoms with E-state index < -0.39 is 5.41 Å². The van der Waals surface area contributed by atoms with Crippen molar-refractivity contribution in [2.45, 2.75) is 70.3 Å². The van der Waals surface area contributed by atoms with Gasteiger partial charge in [0.25, 0.3) is 5.91 Å². The molecule has 1 saturated carbocycles. The number of benzene rings is 2. The molecule has 2 aliphatic rings. The summed E-state index contributed by atoms with van der Waals surface area (Å²) in [6.07, 6.45) is 5.15. The number of rotatable bonds is 5. The van der Waals surface area contributed by atoms with Crippen LogP contribution in [0.3, 0.4) is 0 Å². The molecule has 1 aliphatic carbocycles. The Kier molecular flexibility index (Phi) is 5.92. The van der Waals surface area contributed by atoms with Crippen LogP contribution in [0.25, 0.3) is 0 Å². The monoisotopic (exact) mass is 418 g/mol. The van der Waals surface area contributed by atoms with Crippen molar-refractivity contribution in [3.05, 3.63) is 70.8 Å². The first-order chi connectivity index (χ1) is 14.8. The molecule has 2 aromatic carbocycles. The van der Waals surface area contributed by atoms with Crippen molar-refractivity contribution < 1.29 is 9.59 Å². The van der Waals surface area contributed by atoms with E-state index in [0.717, 1.165) is 49.9 Å². The summed E-state index contributed by atoms with van der Waals surface area (Å²) in [5.74, 6) is 0.189. The van der Waals surface area contributed by atoms with E-state index in [0.29, 0.717) is 12.1 Å². The van der Waals surface area contributed by atoms with Crippen LogP contribution >= 0.6 is 0 Å². The summed E-state index contributed by atoms with van der Waals surface area (Å²) in [7, 11) is 0. The fourth-order valence-corrected chi connectivity index (χ4v) is 4.51. The van der Waals surface area contributed by atoms with Crippen molar-refractivity contribution in [3.63, 3.8) is 0 Å². The van der Waals surface area contributed by atoms with Gasteiger partial charge in [0.05, 0.1) is 5.41 Å². The first-order valence-electron chi connectivity index (χ1n) is 11.6. The van der Waals surface area contributed by atoms with Crippen LogP contribution in [0.15, 0.2) is 48.5 Å². The highest BCUT2D eigenvalue weighted by atomic mass is 16.2. The first-order valence-corrected chi connectivity index (χ1v) is 11.6. The van der Waals surface area contributed by atoms with Crippen molar-refractivity contribution in [2.24, 2.45) is 0 Å². The highest BCUT2D eigenvalue weighted by Gasteiger charge is 2.51. The van der Waals surface area contributed by atoms with Gasteiger partial charge in [-0.15, -0.1) is 0 Å². The van der Waals surface area contributed by atoms with Gasteiger partial charge in [0, 0.05) is 25.2 Å². The SMILES string of the molecule is CC(C)(C)c1ccc(C2(C(=O)NCc3cccc(C(=O)N4CCCCC4)c3)CC2)cc1. The fourth-order valence-electron chi connectivity index (χ4n) is 4.51. The lowest BCUT2D eigenvalue weighted by Crippen LogP contribution is -2.36. The smallest absolute Gasteiger partial charge is 0.253 e. The Balaban J connectivity index is 1.40. The third-order valence-electron chi connectivity index (χ3n) is 6.76. The molecule has 31 heavy (non-hydrogen) atoms. The van der Waals surface area contributed by atoms with E-state index in [9.17, 15) is 9.59 Å². The number of likely N-dealkylation sites (tertiary alicyclic amines) is 1. The number of hydrogen-bond acceptors (Lipinski definition) is 2. The van der Waals surface area contributed by atoms with Gasteiger partial charge in [-0.2, -0.15) is 0 Å². The summed E-state index contributed by atoms with van der Waals surface area (Å²) in [4.78, 5) is 27.8. The second kappa shape index (κ2) is 8.49. The van der Waals surface area contributed by atoms with E-state index in [1.807, 2.05) is 29.2 Å². The molecule has 164 valence electrons. The molecule has 1 N–H and O–H groups in total. The molecule has 0 aromatic heterocycles. The van der Waals surface area contributed by atoms with Crippen LogP contribution in [-0.4, -0.2) is 29.8 Å². The molecule has 0 spiro atoms. The Morgan fingerprint density at radius 1 is 0.968 bits per heavy atom. The normalized spacial score (nSPS) is 17.8. The highest BCUT2D eigenvalue weighted by molar-refractivity contribution is 5.94. The zero-order valence-corrected chi connectivity index (χ0v) is 19.0. The van der Waals surface area contributed by atoms with Gasteiger partial charge in [-0.25, -0.2) is 0 Å². The Morgan fingerprint density at radius 2 is 1.65 bits per heavy atom. The summed E-state index contributed by atoms with van der Waals surface area (Å²) in [5, 5.41) is 3.13. The number of carbonyl (C=O) groups is 2. The Bertz CT molecular complexity index is 946.